The van der Waals surface area contributed by atoms with Crippen LogP contribution in [0.2, 0.25) is 0 Å². The molecule has 22 heavy (non-hydrogen) atoms. The maximum absolute atomic E-state index is 12.3. The van der Waals surface area contributed by atoms with Gasteiger partial charge in [-0.1, -0.05) is 39.9 Å². The second-order valence-corrected chi connectivity index (χ2v) is 5.17. The number of amides is 1. The van der Waals surface area contributed by atoms with Crippen molar-refractivity contribution in [3.63, 3.8) is 0 Å². The predicted molar refractivity (Wildman–Crippen MR) is 81.2 cm³/mol. The van der Waals surface area contributed by atoms with E-state index in [1.54, 1.807) is 30.3 Å². The lowest BCUT2D eigenvalue weighted by atomic mass is 10.1. The first kappa shape index (κ1) is 16.1. The van der Waals surface area contributed by atoms with Crippen LogP contribution < -0.4 is 5.32 Å². The smallest absolute Gasteiger partial charge is 0.317 e. The van der Waals surface area contributed by atoms with E-state index >= 15 is 0 Å². The number of carbonyl (C=O) groups excluding carboxylic acids is 1. The van der Waals surface area contributed by atoms with Gasteiger partial charge in [0.2, 0.25) is 0 Å². The summed E-state index contributed by atoms with van der Waals surface area (Å²) in [5.41, 5.74) is 1.04. The Labute approximate surface area is 133 Å². The number of para-hydroxylation sites is 1. The molecule has 0 radical (unpaired) electrons. The van der Waals surface area contributed by atoms with Gasteiger partial charge in [0.05, 0.1) is 5.69 Å². The van der Waals surface area contributed by atoms with E-state index in [1.807, 2.05) is 5.32 Å². The largest absolute Gasteiger partial charge is 0.471 e. The van der Waals surface area contributed by atoms with E-state index in [0.29, 0.717) is 11.1 Å². The molecule has 0 fully saturated rings. The summed E-state index contributed by atoms with van der Waals surface area (Å²) in [7, 11) is 0. The molecule has 0 atom stereocenters. The second kappa shape index (κ2) is 6.67. The van der Waals surface area contributed by atoms with Crippen molar-refractivity contribution >= 4 is 27.5 Å². The summed E-state index contributed by atoms with van der Waals surface area (Å²) in [6.45, 7) is 0. The highest BCUT2D eigenvalue weighted by molar-refractivity contribution is 9.10. The molecule has 0 bridgehead atoms. The van der Waals surface area contributed by atoms with Crippen molar-refractivity contribution in [3.05, 3.63) is 64.1 Å². The number of benzene rings is 2. The molecule has 0 aliphatic heterocycles. The SMILES string of the molecule is O=C(Nc1ccccc1C#Cc1ccc(Br)cc1)C(F)(F)F. The van der Waals surface area contributed by atoms with E-state index in [2.05, 4.69) is 27.8 Å². The molecule has 0 saturated heterocycles. The maximum Gasteiger partial charge on any atom is 0.471 e. The van der Waals surface area contributed by atoms with Crippen LogP contribution in [0.3, 0.4) is 0 Å². The minimum atomic E-state index is -4.94. The van der Waals surface area contributed by atoms with Crippen LogP contribution in [0.5, 0.6) is 0 Å². The van der Waals surface area contributed by atoms with Gasteiger partial charge in [0.1, 0.15) is 0 Å². The van der Waals surface area contributed by atoms with Crippen molar-refractivity contribution in [1.29, 1.82) is 0 Å². The summed E-state index contributed by atoms with van der Waals surface area (Å²) in [5, 5.41) is 1.82. The van der Waals surface area contributed by atoms with E-state index in [0.717, 1.165) is 4.47 Å². The number of alkyl halides is 3. The molecule has 2 aromatic rings. The number of halogens is 4. The van der Waals surface area contributed by atoms with Crippen LogP contribution in [0.4, 0.5) is 18.9 Å². The van der Waals surface area contributed by atoms with E-state index in [1.165, 1.54) is 18.2 Å². The molecule has 2 rings (SSSR count). The molecule has 2 nitrogen and oxygen atoms in total. The van der Waals surface area contributed by atoms with Crippen LogP contribution in [0, 0.1) is 11.8 Å². The van der Waals surface area contributed by atoms with Gasteiger partial charge in [0.25, 0.3) is 0 Å². The highest BCUT2D eigenvalue weighted by Gasteiger charge is 2.38. The fourth-order valence-electron chi connectivity index (χ4n) is 1.57. The van der Waals surface area contributed by atoms with E-state index in [9.17, 15) is 18.0 Å². The molecule has 0 saturated carbocycles. The normalized spacial score (nSPS) is 10.5. The Balaban J connectivity index is 2.26. The van der Waals surface area contributed by atoms with Gasteiger partial charge >= 0.3 is 12.1 Å². The minimum absolute atomic E-state index is 0.0226. The molecule has 1 amide bonds. The van der Waals surface area contributed by atoms with Gasteiger partial charge in [-0.05, 0) is 36.4 Å². The molecular weight excluding hydrogens is 359 g/mol. The van der Waals surface area contributed by atoms with Crippen molar-refractivity contribution in [3.8, 4) is 11.8 Å². The Kier molecular flexibility index (Phi) is 4.88. The highest BCUT2D eigenvalue weighted by Crippen LogP contribution is 2.20. The lowest BCUT2D eigenvalue weighted by molar-refractivity contribution is -0.167. The monoisotopic (exact) mass is 367 g/mol. The van der Waals surface area contributed by atoms with Gasteiger partial charge < -0.3 is 5.32 Å². The third kappa shape index (κ3) is 4.37. The van der Waals surface area contributed by atoms with E-state index < -0.39 is 12.1 Å². The maximum atomic E-state index is 12.3. The van der Waals surface area contributed by atoms with Crippen molar-refractivity contribution in [2.75, 3.05) is 5.32 Å². The first-order valence-electron chi connectivity index (χ1n) is 6.11. The molecule has 0 aliphatic rings. The van der Waals surface area contributed by atoms with Gasteiger partial charge in [0.15, 0.2) is 0 Å². The Morgan fingerprint density at radius 2 is 1.64 bits per heavy atom. The molecular formula is C16H9BrF3NO. The lowest BCUT2D eigenvalue weighted by Gasteiger charge is -2.09. The fraction of sp³-hybridized carbons (Fsp3) is 0.0625. The summed E-state index contributed by atoms with van der Waals surface area (Å²) >= 11 is 3.30. The number of rotatable bonds is 1. The Morgan fingerprint density at radius 1 is 1.00 bits per heavy atom. The van der Waals surface area contributed by atoms with Crippen LogP contribution in [0.25, 0.3) is 0 Å². The summed E-state index contributed by atoms with van der Waals surface area (Å²) in [5.74, 6) is 3.57. The number of anilines is 1. The van der Waals surface area contributed by atoms with Crippen molar-refractivity contribution < 1.29 is 18.0 Å². The molecule has 1 N–H and O–H groups in total. The average molecular weight is 368 g/mol. The van der Waals surface area contributed by atoms with Gasteiger partial charge in [-0.15, -0.1) is 0 Å². The summed E-state index contributed by atoms with van der Waals surface area (Å²) in [4.78, 5) is 11.0. The first-order valence-corrected chi connectivity index (χ1v) is 6.90. The Hall–Kier alpha value is -2.26. The highest BCUT2D eigenvalue weighted by atomic mass is 79.9. The van der Waals surface area contributed by atoms with Crippen LogP contribution >= 0.6 is 15.9 Å². The second-order valence-electron chi connectivity index (χ2n) is 4.25. The predicted octanol–water partition coefficient (Wildman–Crippen LogP) is 4.35. The molecule has 0 spiro atoms. The summed E-state index contributed by atoms with van der Waals surface area (Å²) in [6, 6.07) is 13.2. The zero-order chi connectivity index (χ0) is 16.2. The lowest BCUT2D eigenvalue weighted by Crippen LogP contribution is -2.30. The van der Waals surface area contributed by atoms with Crippen molar-refractivity contribution in [1.82, 2.24) is 0 Å². The molecule has 0 aliphatic carbocycles. The zero-order valence-electron chi connectivity index (χ0n) is 11.0. The van der Waals surface area contributed by atoms with Gasteiger partial charge in [0, 0.05) is 15.6 Å². The molecule has 0 unspecified atom stereocenters. The van der Waals surface area contributed by atoms with E-state index in [-0.39, 0.29) is 5.69 Å². The van der Waals surface area contributed by atoms with Crippen LogP contribution in [-0.4, -0.2) is 12.1 Å². The van der Waals surface area contributed by atoms with Gasteiger partial charge in [-0.2, -0.15) is 13.2 Å². The fourth-order valence-corrected chi connectivity index (χ4v) is 1.83. The standard InChI is InChI=1S/C16H9BrF3NO/c17-13-9-6-11(7-10-13)5-8-12-3-1-2-4-14(12)21-15(22)16(18,19)20/h1-4,6-7,9-10H,(H,21,22). The average Bonchev–Trinajstić information content (AvgIpc) is 2.47. The first-order chi connectivity index (χ1) is 10.4. The third-order valence-corrected chi connectivity index (χ3v) is 3.15. The molecule has 112 valence electrons. The topological polar surface area (TPSA) is 29.1 Å². The Morgan fingerprint density at radius 3 is 2.27 bits per heavy atom. The van der Waals surface area contributed by atoms with Gasteiger partial charge in [-0.3, -0.25) is 4.79 Å². The minimum Gasteiger partial charge on any atom is -0.317 e. The summed E-state index contributed by atoms with van der Waals surface area (Å²) in [6.07, 6.45) is -4.94. The summed E-state index contributed by atoms with van der Waals surface area (Å²) < 4.78 is 37.8. The number of hydrogen-bond acceptors (Lipinski definition) is 1. The Bertz CT molecular complexity index is 742. The van der Waals surface area contributed by atoms with Crippen LogP contribution in [0.15, 0.2) is 53.0 Å². The molecule has 0 heterocycles. The van der Waals surface area contributed by atoms with Crippen LogP contribution in [-0.2, 0) is 4.79 Å². The quantitative estimate of drug-likeness (QED) is 0.746. The number of hydrogen-bond donors (Lipinski definition) is 1. The molecule has 2 aromatic carbocycles. The molecule has 6 heteroatoms. The number of carbonyl (C=O) groups is 1. The zero-order valence-corrected chi connectivity index (χ0v) is 12.6. The van der Waals surface area contributed by atoms with Crippen molar-refractivity contribution in [2.24, 2.45) is 0 Å². The molecule has 0 aromatic heterocycles. The van der Waals surface area contributed by atoms with Crippen molar-refractivity contribution in [2.45, 2.75) is 6.18 Å². The number of nitrogens with one attached hydrogen (secondary N) is 1. The van der Waals surface area contributed by atoms with E-state index in [4.69, 9.17) is 0 Å². The van der Waals surface area contributed by atoms with Gasteiger partial charge in [-0.25, -0.2) is 0 Å². The van der Waals surface area contributed by atoms with Crippen LogP contribution in [0.1, 0.15) is 11.1 Å². The third-order valence-electron chi connectivity index (χ3n) is 2.62.